The van der Waals surface area contributed by atoms with Gasteiger partial charge in [-0.2, -0.15) is 0 Å². The number of halogens is 2. The van der Waals surface area contributed by atoms with Crippen LogP contribution in [0.5, 0.6) is 0 Å². The Balaban J connectivity index is 3.21. The summed E-state index contributed by atoms with van der Waals surface area (Å²) in [6.07, 6.45) is 0.859. The molecule has 0 heterocycles. The van der Waals surface area contributed by atoms with Gasteiger partial charge < -0.3 is 0 Å². The third-order valence-corrected chi connectivity index (χ3v) is 2.79. The van der Waals surface area contributed by atoms with Crippen LogP contribution in [-0.2, 0) is 10.0 Å². The number of nitrogens with zero attached hydrogens (tertiary/aromatic N) is 1. The van der Waals surface area contributed by atoms with Crippen LogP contribution in [0.15, 0.2) is 18.2 Å². The average molecular weight is 256 g/mol. The van der Waals surface area contributed by atoms with Crippen molar-refractivity contribution >= 4 is 38.9 Å². The van der Waals surface area contributed by atoms with Crippen LogP contribution in [0, 0.1) is 0 Å². The lowest BCUT2D eigenvalue weighted by Gasteiger charge is -2.15. The standard InChI is InChI=1S/C7H7Cl2NO3S/c1-14(12,13)10(11)7-3-2-5(8)4-6(7)9/h2-4,11H,1H3. The Morgan fingerprint density at radius 3 is 2.36 bits per heavy atom. The van der Waals surface area contributed by atoms with Gasteiger partial charge in [0.2, 0.25) is 0 Å². The lowest BCUT2D eigenvalue weighted by molar-refractivity contribution is 0.317. The minimum absolute atomic E-state index is 0.0291. The van der Waals surface area contributed by atoms with Crippen molar-refractivity contribution in [2.45, 2.75) is 0 Å². The molecule has 0 saturated heterocycles. The predicted molar refractivity (Wildman–Crippen MR) is 55.6 cm³/mol. The molecule has 0 amide bonds. The first-order chi connectivity index (χ1) is 6.32. The molecule has 14 heavy (non-hydrogen) atoms. The Hall–Kier alpha value is -0.490. The van der Waals surface area contributed by atoms with Crippen LogP contribution in [0.1, 0.15) is 0 Å². The predicted octanol–water partition coefficient (Wildman–Crippen LogP) is 2.15. The molecule has 0 aliphatic carbocycles. The molecule has 78 valence electrons. The van der Waals surface area contributed by atoms with Crippen LogP contribution >= 0.6 is 23.2 Å². The number of rotatable bonds is 2. The van der Waals surface area contributed by atoms with Gasteiger partial charge in [0, 0.05) is 5.02 Å². The number of hydrogen-bond acceptors (Lipinski definition) is 3. The largest absolute Gasteiger partial charge is 0.274 e. The Morgan fingerprint density at radius 2 is 1.93 bits per heavy atom. The third kappa shape index (κ3) is 2.51. The summed E-state index contributed by atoms with van der Waals surface area (Å²) in [5, 5.41) is 9.67. The van der Waals surface area contributed by atoms with Gasteiger partial charge in [-0.25, -0.2) is 8.42 Å². The van der Waals surface area contributed by atoms with Gasteiger partial charge in [-0.05, 0) is 18.2 Å². The van der Waals surface area contributed by atoms with Crippen LogP contribution < -0.4 is 4.47 Å². The van der Waals surface area contributed by atoms with E-state index in [0.29, 0.717) is 5.02 Å². The molecule has 0 aliphatic rings. The van der Waals surface area contributed by atoms with E-state index in [-0.39, 0.29) is 15.2 Å². The van der Waals surface area contributed by atoms with Gasteiger partial charge in [0.05, 0.1) is 11.3 Å². The second-order valence-electron chi connectivity index (χ2n) is 2.60. The number of anilines is 1. The van der Waals surface area contributed by atoms with Crippen molar-refractivity contribution in [1.82, 2.24) is 0 Å². The summed E-state index contributed by atoms with van der Waals surface area (Å²) in [7, 11) is -3.73. The topological polar surface area (TPSA) is 57.6 Å². The van der Waals surface area contributed by atoms with Crippen molar-refractivity contribution in [2.75, 3.05) is 10.7 Å². The summed E-state index contributed by atoms with van der Waals surface area (Å²) >= 11 is 11.3. The molecule has 0 aromatic heterocycles. The van der Waals surface area contributed by atoms with Gasteiger partial charge in [-0.15, -0.1) is 4.47 Å². The van der Waals surface area contributed by atoms with E-state index in [4.69, 9.17) is 23.2 Å². The second kappa shape index (κ2) is 3.94. The van der Waals surface area contributed by atoms with E-state index in [2.05, 4.69) is 0 Å². The second-order valence-corrected chi connectivity index (χ2v) is 5.26. The highest BCUT2D eigenvalue weighted by molar-refractivity contribution is 7.91. The summed E-state index contributed by atoms with van der Waals surface area (Å²) in [6.45, 7) is 0. The van der Waals surface area contributed by atoms with E-state index in [1.807, 2.05) is 0 Å². The Morgan fingerprint density at radius 1 is 1.36 bits per heavy atom. The van der Waals surface area contributed by atoms with Gasteiger partial charge in [-0.1, -0.05) is 23.2 Å². The summed E-state index contributed by atoms with van der Waals surface area (Å²) < 4.78 is 22.0. The highest BCUT2D eigenvalue weighted by Crippen LogP contribution is 2.28. The Kier molecular flexibility index (Phi) is 3.26. The van der Waals surface area contributed by atoms with E-state index >= 15 is 0 Å². The first kappa shape index (κ1) is 11.6. The lowest BCUT2D eigenvalue weighted by atomic mass is 10.3. The van der Waals surface area contributed by atoms with Crippen molar-refractivity contribution in [3.8, 4) is 0 Å². The molecular formula is C7H7Cl2NO3S. The van der Waals surface area contributed by atoms with E-state index in [1.165, 1.54) is 18.2 Å². The van der Waals surface area contributed by atoms with Gasteiger partial charge in [0.25, 0.3) is 10.0 Å². The van der Waals surface area contributed by atoms with E-state index in [0.717, 1.165) is 6.26 Å². The smallest absolute Gasteiger partial charge is 0.254 e. The van der Waals surface area contributed by atoms with Gasteiger partial charge in [-0.3, -0.25) is 5.21 Å². The molecule has 4 nitrogen and oxygen atoms in total. The fourth-order valence-electron chi connectivity index (χ4n) is 0.815. The summed E-state index contributed by atoms with van der Waals surface area (Å²) in [4.78, 5) is 0. The first-order valence-corrected chi connectivity index (χ1v) is 6.07. The minimum atomic E-state index is -3.73. The van der Waals surface area contributed by atoms with Gasteiger partial charge >= 0.3 is 0 Å². The minimum Gasteiger partial charge on any atom is -0.274 e. The van der Waals surface area contributed by atoms with E-state index < -0.39 is 10.0 Å². The normalized spacial score (nSPS) is 11.4. The van der Waals surface area contributed by atoms with Crippen molar-refractivity contribution in [3.63, 3.8) is 0 Å². The molecule has 0 aliphatic heterocycles. The zero-order chi connectivity index (χ0) is 10.9. The van der Waals surface area contributed by atoms with Crippen LogP contribution in [0.25, 0.3) is 0 Å². The Bertz CT molecular complexity index is 446. The third-order valence-electron chi connectivity index (χ3n) is 1.43. The zero-order valence-corrected chi connectivity index (χ0v) is 9.44. The fraction of sp³-hybridized carbons (Fsp3) is 0.143. The van der Waals surface area contributed by atoms with Crippen molar-refractivity contribution in [1.29, 1.82) is 0 Å². The SMILES string of the molecule is CS(=O)(=O)N(O)c1ccc(Cl)cc1Cl. The maximum atomic E-state index is 11.0. The molecular weight excluding hydrogens is 249 g/mol. The summed E-state index contributed by atoms with van der Waals surface area (Å²) in [6, 6.07) is 4.08. The lowest BCUT2D eigenvalue weighted by Crippen LogP contribution is -2.25. The fourth-order valence-corrected chi connectivity index (χ4v) is 1.87. The number of benzene rings is 1. The maximum absolute atomic E-state index is 11.0. The van der Waals surface area contributed by atoms with Crippen LogP contribution in [-0.4, -0.2) is 19.9 Å². The molecule has 1 N–H and O–H groups in total. The first-order valence-electron chi connectivity index (χ1n) is 3.46. The van der Waals surface area contributed by atoms with Crippen LogP contribution in [0.2, 0.25) is 10.0 Å². The zero-order valence-electron chi connectivity index (χ0n) is 7.11. The quantitative estimate of drug-likeness (QED) is 0.825. The molecule has 0 fully saturated rings. The molecule has 0 unspecified atom stereocenters. The average Bonchev–Trinajstić information content (AvgIpc) is 2.01. The number of hydrogen-bond donors (Lipinski definition) is 1. The highest BCUT2D eigenvalue weighted by atomic mass is 35.5. The molecule has 0 radical (unpaired) electrons. The van der Waals surface area contributed by atoms with E-state index in [1.54, 1.807) is 0 Å². The summed E-state index contributed by atoms with van der Waals surface area (Å²) in [5.74, 6) is 0. The molecule has 0 saturated carbocycles. The molecule has 7 heteroatoms. The maximum Gasteiger partial charge on any atom is 0.254 e. The monoisotopic (exact) mass is 255 g/mol. The van der Waals surface area contributed by atoms with Crippen LogP contribution in [0.3, 0.4) is 0 Å². The highest BCUT2D eigenvalue weighted by Gasteiger charge is 2.17. The van der Waals surface area contributed by atoms with Gasteiger partial charge in [0.1, 0.15) is 5.69 Å². The Labute approximate surface area is 91.7 Å². The van der Waals surface area contributed by atoms with Crippen molar-refractivity contribution in [2.24, 2.45) is 0 Å². The molecule has 0 spiro atoms. The van der Waals surface area contributed by atoms with Crippen molar-refractivity contribution < 1.29 is 13.6 Å². The van der Waals surface area contributed by atoms with Gasteiger partial charge in [0.15, 0.2) is 0 Å². The van der Waals surface area contributed by atoms with E-state index in [9.17, 15) is 13.6 Å². The molecule has 1 rings (SSSR count). The number of sulfonamides is 1. The molecule has 1 aromatic carbocycles. The molecule has 0 atom stereocenters. The molecule has 0 bridgehead atoms. The summed E-state index contributed by atoms with van der Waals surface area (Å²) in [5.41, 5.74) is -0.0291. The molecule has 1 aromatic rings. The van der Waals surface area contributed by atoms with Crippen LogP contribution in [0.4, 0.5) is 5.69 Å². The van der Waals surface area contributed by atoms with Crippen molar-refractivity contribution in [3.05, 3.63) is 28.2 Å².